The van der Waals surface area contributed by atoms with Crippen LogP contribution in [-0.4, -0.2) is 48.5 Å². The summed E-state index contributed by atoms with van der Waals surface area (Å²) in [5.41, 5.74) is 0.582. The van der Waals surface area contributed by atoms with Gasteiger partial charge in [0.1, 0.15) is 30.3 Å². The molecule has 0 saturated carbocycles. The van der Waals surface area contributed by atoms with Crippen LogP contribution in [0.3, 0.4) is 0 Å². The van der Waals surface area contributed by atoms with Crippen LogP contribution in [0.25, 0.3) is 0 Å². The van der Waals surface area contributed by atoms with Crippen molar-refractivity contribution in [2.75, 3.05) is 26.2 Å². The first-order valence-corrected chi connectivity index (χ1v) is 9.94. The molecule has 1 unspecified atom stereocenters. The molecular formula is C21H22Cl2N2O3. The van der Waals surface area contributed by atoms with Crippen LogP contribution < -0.4 is 9.47 Å². The van der Waals surface area contributed by atoms with Crippen LogP contribution in [0.15, 0.2) is 42.5 Å². The number of nitrogens with zero attached hydrogens (tertiary/aromatic N) is 2. The molecule has 1 N–H and O–H groups in total. The number of piperidine rings is 1. The highest BCUT2D eigenvalue weighted by molar-refractivity contribution is 6.42. The van der Waals surface area contributed by atoms with Gasteiger partial charge in [0, 0.05) is 25.7 Å². The molecule has 1 heterocycles. The smallest absolute Gasteiger partial charge is 0.121 e. The number of halogens is 2. The summed E-state index contributed by atoms with van der Waals surface area (Å²) in [6.07, 6.45) is 1.30. The molecule has 5 nitrogen and oxygen atoms in total. The number of nitriles is 1. The van der Waals surface area contributed by atoms with Gasteiger partial charge in [-0.15, -0.1) is 0 Å². The Morgan fingerprint density at radius 3 is 2.39 bits per heavy atom. The summed E-state index contributed by atoms with van der Waals surface area (Å²) in [5, 5.41) is 20.0. The van der Waals surface area contributed by atoms with Crippen molar-refractivity contribution in [3.05, 3.63) is 58.1 Å². The summed E-state index contributed by atoms with van der Waals surface area (Å²) in [7, 11) is 0. The van der Waals surface area contributed by atoms with Crippen LogP contribution in [0.5, 0.6) is 11.5 Å². The Hall–Kier alpha value is -1.97. The van der Waals surface area contributed by atoms with E-state index in [0.717, 1.165) is 31.7 Å². The maximum absolute atomic E-state index is 10.2. The Bertz CT molecular complexity index is 815. The molecule has 28 heavy (non-hydrogen) atoms. The highest BCUT2D eigenvalue weighted by Gasteiger charge is 2.22. The Morgan fingerprint density at radius 1 is 1.07 bits per heavy atom. The van der Waals surface area contributed by atoms with Crippen molar-refractivity contribution in [2.24, 2.45) is 0 Å². The molecular weight excluding hydrogens is 399 g/mol. The summed E-state index contributed by atoms with van der Waals surface area (Å²) in [4.78, 5) is 2.21. The SMILES string of the molecule is N#Cc1ccc(OCC(O)CN2CCC(Oc3ccc(Cl)c(Cl)c3)CC2)cc1. The van der Waals surface area contributed by atoms with Gasteiger partial charge in [-0.2, -0.15) is 5.26 Å². The minimum absolute atomic E-state index is 0.125. The van der Waals surface area contributed by atoms with Gasteiger partial charge in [-0.3, -0.25) is 0 Å². The summed E-state index contributed by atoms with van der Waals surface area (Å²) in [6.45, 7) is 2.46. The molecule has 1 atom stereocenters. The summed E-state index contributed by atoms with van der Waals surface area (Å²) in [6, 6.07) is 14.2. The average molecular weight is 421 g/mol. The van der Waals surface area contributed by atoms with Gasteiger partial charge < -0.3 is 19.5 Å². The molecule has 2 aromatic rings. The van der Waals surface area contributed by atoms with Crippen molar-refractivity contribution in [2.45, 2.75) is 25.0 Å². The van der Waals surface area contributed by atoms with E-state index in [1.165, 1.54) is 0 Å². The summed E-state index contributed by atoms with van der Waals surface area (Å²) < 4.78 is 11.6. The Balaban J connectivity index is 1.38. The van der Waals surface area contributed by atoms with Crippen LogP contribution in [-0.2, 0) is 0 Å². The molecule has 0 bridgehead atoms. The van der Waals surface area contributed by atoms with Crippen LogP contribution in [0.2, 0.25) is 10.0 Å². The fraction of sp³-hybridized carbons (Fsp3) is 0.381. The zero-order valence-electron chi connectivity index (χ0n) is 15.4. The number of benzene rings is 2. The van der Waals surface area contributed by atoms with Crippen molar-refractivity contribution in [1.29, 1.82) is 5.26 Å². The number of hydrogen-bond donors (Lipinski definition) is 1. The monoisotopic (exact) mass is 420 g/mol. The van der Waals surface area contributed by atoms with Crippen molar-refractivity contribution >= 4 is 23.2 Å². The quantitative estimate of drug-likeness (QED) is 0.728. The lowest BCUT2D eigenvalue weighted by molar-refractivity contribution is 0.0401. The maximum Gasteiger partial charge on any atom is 0.121 e. The van der Waals surface area contributed by atoms with E-state index >= 15 is 0 Å². The standard InChI is InChI=1S/C21H22Cl2N2O3/c22-20-6-5-19(11-21(20)23)28-18-7-9-25(10-8-18)13-16(26)14-27-17-3-1-15(12-24)2-4-17/h1-6,11,16,18,26H,7-10,13-14H2. The first-order valence-electron chi connectivity index (χ1n) is 9.18. The molecule has 7 heteroatoms. The largest absolute Gasteiger partial charge is 0.491 e. The van der Waals surface area contributed by atoms with Crippen molar-refractivity contribution in [3.8, 4) is 17.6 Å². The molecule has 0 radical (unpaired) electrons. The van der Waals surface area contributed by atoms with E-state index in [-0.39, 0.29) is 12.7 Å². The van der Waals surface area contributed by atoms with E-state index in [0.29, 0.717) is 27.9 Å². The molecule has 1 fully saturated rings. The van der Waals surface area contributed by atoms with E-state index in [1.54, 1.807) is 36.4 Å². The predicted molar refractivity (Wildman–Crippen MR) is 109 cm³/mol. The molecule has 1 aliphatic rings. The van der Waals surface area contributed by atoms with E-state index in [9.17, 15) is 5.11 Å². The molecule has 0 amide bonds. The number of aliphatic hydroxyl groups excluding tert-OH is 1. The zero-order chi connectivity index (χ0) is 19.9. The van der Waals surface area contributed by atoms with Gasteiger partial charge in [-0.25, -0.2) is 0 Å². The lowest BCUT2D eigenvalue weighted by atomic mass is 10.1. The van der Waals surface area contributed by atoms with Crippen LogP contribution in [0.1, 0.15) is 18.4 Å². The molecule has 148 valence electrons. The van der Waals surface area contributed by atoms with Gasteiger partial charge in [0.2, 0.25) is 0 Å². The van der Waals surface area contributed by atoms with E-state index < -0.39 is 6.10 Å². The highest BCUT2D eigenvalue weighted by atomic mass is 35.5. The fourth-order valence-corrected chi connectivity index (χ4v) is 3.41. The number of rotatable bonds is 7. The fourth-order valence-electron chi connectivity index (χ4n) is 3.12. The highest BCUT2D eigenvalue weighted by Crippen LogP contribution is 2.28. The van der Waals surface area contributed by atoms with Gasteiger partial charge in [0.15, 0.2) is 0 Å². The van der Waals surface area contributed by atoms with E-state index in [2.05, 4.69) is 11.0 Å². The molecule has 3 rings (SSSR count). The molecule has 1 saturated heterocycles. The molecule has 2 aromatic carbocycles. The maximum atomic E-state index is 10.2. The number of β-amino-alcohol motifs (C(OH)–C–C–N with tert-alkyl or cyclic N) is 1. The number of hydrogen-bond acceptors (Lipinski definition) is 5. The minimum Gasteiger partial charge on any atom is -0.491 e. The average Bonchev–Trinajstić information content (AvgIpc) is 2.71. The molecule has 1 aliphatic heterocycles. The number of likely N-dealkylation sites (tertiary alicyclic amines) is 1. The topological polar surface area (TPSA) is 65.7 Å². The number of ether oxygens (including phenoxy) is 2. The molecule has 0 aliphatic carbocycles. The Kier molecular flexibility index (Phi) is 7.41. The first-order chi connectivity index (χ1) is 13.5. The zero-order valence-corrected chi connectivity index (χ0v) is 16.9. The summed E-state index contributed by atoms with van der Waals surface area (Å²) >= 11 is 12.0. The Labute approximate surface area is 175 Å². The lowest BCUT2D eigenvalue weighted by Gasteiger charge is -2.33. The lowest BCUT2D eigenvalue weighted by Crippen LogP contribution is -2.43. The number of aliphatic hydroxyl groups is 1. The third-order valence-corrected chi connectivity index (χ3v) is 5.36. The predicted octanol–water partition coefficient (Wildman–Crippen LogP) is 4.15. The minimum atomic E-state index is -0.580. The van der Waals surface area contributed by atoms with Gasteiger partial charge in [0.25, 0.3) is 0 Å². The van der Waals surface area contributed by atoms with E-state index in [4.69, 9.17) is 37.9 Å². The Morgan fingerprint density at radius 2 is 1.75 bits per heavy atom. The second-order valence-electron chi connectivity index (χ2n) is 6.79. The van der Waals surface area contributed by atoms with Crippen LogP contribution in [0, 0.1) is 11.3 Å². The normalized spacial score (nSPS) is 16.4. The van der Waals surface area contributed by atoms with Gasteiger partial charge >= 0.3 is 0 Å². The van der Waals surface area contributed by atoms with Gasteiger partial charge in [0.05, 0.1) is 21.7 Å². The van der Waals surface area contributed by atoms with E-state index in [1.807, 2.05) is 6.07 Å². The van der Waals surface area contributed by atoms with Crippen LogP contribution >= 0.6 is 23.2 Å². The van der Waals surface area contributed by atoms with Crippen molar-refractivity contribution in [1.82, 2.24) is 4.90 Å². The second-order valence-corrected chi connectivity index (χ2v) is 7.61. The van der Waals surface area contributed by atoms with Crippen molar-refractivity contribution < 1.29 is 14.6 Å². The van der Waals surface area contributed by atoms with Gasteiger partial charge in [-0.05, 0) is 49.2 Å². The molecule has 0 spiro atoms. The third-order valence-electron chi connectivity index (χ3n) is 4.62. The third kappa shape index (κ3) is 6.02. The summed E-state index contributed by atoms with van der Waals surface area (Å²) in [5.74, 6) is 1.37. The van der Waals surface area contributed by atoms with Crippen molar-refractivity contribution in [3.63, 3.8) is 0 Å². The van der Waals surface area contributed by atoms with Crippen LogP contribution in [0.4, 0.5) is 0 Å². The van der Waals surface area contributed by atoms with Gasteiger partial charge in [-0.1, -0.05) is 23.2 Å². The first kappa shape index (κ1) is 20.8. The second kappa shape index (κ2) is 9.99. The molecule has 0 aromatic heterocycles.